The number of aromatic nitrogens is 2. The molecule has 4 nitrogen and oxygen atoms in total. The maximum Gasteiger partial charge on any atom is 0.229 e. The summed E-state index contributed by atoms with van der Waals surface area (Å²) in [6.45, 7) is 0. The molecule has 0 amide bonds. The second-order valence-corrected chi connectivity index (χ2v) is 4.06. The average molecular weight is 252 g/mol. The largest absolute Gasteiger partial charge is 0.391 e. The maximum atomic E-state index is 5.24. The summed E-state index contributed by atoms with van der Waals surface area (Å²) < 4.78 is 10.5. The molecule has 0 saturated carbocycles. The van der Waals surface area contributed by atoms with Crippen LogP contribution in [0.25, 0.3) is 0 Å². The van der Waals surface area contributed by atoms with Crippen molar-refractivity contribution in [2.75, 3.05) is 0 Å². The summed E-state index contributed by atoms with van der Waals surface area (Å²) in [5, 5.41) is 0. The number of hydrogen-bond donors (Lipinski definition) is 0. The first-order chi connectivity index (χ1) is 7.95. The molecule has 0 saturated heterocycles. The van der Waals surface area contributed by atoms with E-state index in [4.69, 9.17) is 8.37 Å². The Bertz CT molecular complexity index is 372. The van der Waals surface area contributed by atoms with Crippen molar-refractivity contribution < 1.29 is 8.37 Å². The van der Waals surface area contributed by atoms with Gasteiger partial charge in [0.1, 0.15) is 0 Å². The monoisotopic (exact) mass is 252 g/mol. The van der Waals surface area contributed by atoms with Gasteiger partial charge in [-0.1, -0.05) is 12.1 Å². The lowest BCUT2D eigenvalue weighted by atomic mass is 10.5. The lowest BCUT2D eigenvalue weighted by molar-refractivity contribution is 0.609. The Kier molecular flexibility index (Phi) is 4.33. The lowest BCUT2D eigenvalue weighted by Crippen LogP contribution is -1.85. The zero-order valence-corrected chi connectivity index (χ0v) is 9.78. The van der Waals surface area contributed by atoms with Gasteiger partial charge in [0, 0.05) is 24.5 Å². The Morgan fingerprint density at radius 3 is 1.62 bits per heavy atom. The van der Waals surface area contributed by atoms with Crippen LogP contribution in [0.2, 0.25) is 0 Å². The summed E-state index contributed by atoms with van der Waals surface area (Å²) in [5.41, 5.74) is 0. The van der Waals surface area contributed by atoms with Crippen LogP contribution in [-0.2, 0) is 0 Å². The van der Waals surface area contributed by atoms with Crippen molar-refractivity contribution in [1.82, 2.24) is 9.97 Å². The van der Waals surface area contributed by atoms with Crippen molar-refractivity contribution in [3.05, 3.63) is 48.8 Å². The van der Waals surface area contributed by atoms with Gasteiger partial charge in [0.05, 0.1) is 0 Å². The van der Waals surface area contributed by atoms with Crippen LogP contribution in [-0.4, -0.2) is 9.97 Å². The number of hydrogen-bond acceptors (Lipinski definition) is 6. The van der Waals surface area contributed by atoms with E-state index in [0.29, 0.717) is 11.8 Å². The fourth-order valence-electron chi connectivity index (χ4n) is 0.890. The van der Waals surface area contributed by atoms with Gasteiger partial charge in [0.2, 0.25) is 11.8 Å². The molecule has 2 heterocycles. The van der Waals surface area contributed by atoms with Gasteiger partial charge in [0.15, 0.2) is 22.1 Å². The van der Waals surface area contributed by atoms with Gasteiger partial charge in [-0.05, 0) is 12.1 Å². The van der Waals surface area contributed by atoms with Crippen molar-refractivity contribution in [1.29, 1.82) is 0 Å². The Hall–Kier alpha value is -1.40. The van der Waals surface area contributed by atoms with Crippen molar-refractivity contribution in [2.45, 2.75) is 0 Å². The number of rotatable bonds is 5. The third-order valence-electron chi connectivity index (χ3n) is 1.54. The molecular formula is C10H8N2O2S2. The molecule has 0 aromatic carbocycles. The summed E-state index contributed by atoms with van der Waals surface area (Å²) in [6, 6.07) is 10.9. The zero-order valence-electron chi connectivity index (χ0n) is 8.15. The van der Waals surface area contributed by atoms with Crippen molar-refractivity contribution in [2.24, 2.45) is 0 Å². The molecule has 0 bridgehead atoms. The molecule has 0 radical (unpaired) electrons. The summed E-state index contributed by atoms with van der Waals surface area (Å²) >= 11 is 2.19. The Morgan fingerprint density at radius 2 is 1.25 bits per heavy atom. The SMILES string of the molecule is c1ccc(OSSOc2ccccn2)nc1. The quantitative estimate of drug-likeness (QED) is 0.463. The highest BCUT2D eigenvalue weighted by Gasteiger charge is 1.98. The molecule has 6 heteroatoms. The molecular weight excluding hydrogens is 244 g/mol. The molecule has 0 spiro atoms. The average Bonchev–Trinajstić information content (AvgIpc) is 2.37. The molecule has 0 N–H and O–H groups in total. The minimum atomic E-state index is 0.546. The van der Waals surface area contributed by atoms with Gasteiger partial charge >= 0.3 is 0 Å². The number of pyridine rings is 2. The molecule has 2 aromatic heterocycles. The molecule has 0 unspecified atom stereocenters. The van der Waals surface area contributed by atoms with Crippen molar-refractivity contribution in [3.8, 4) is 11.8 Å². The molecule has 16 heavy (non-hydrogen) atoms. The summed E-state index contributed by atoms with van der Waals surface area (Å²) in [5.74, 6) is 1.09. The standard InChI is InChI=1S/C10H8N2O2S2/c1-3-7-11-9(5-1)13-15-16-14-10-6-2-4-8-12-10/h1-8H. The first-order valence-corrected chi connectivity index (χ1v) is 6.45. The zero-order chi connectivity index (χ0) is 11.1. The van der Waals surface area contributed by atoms with Crippen molar-refractivity contribution in [3.63, 3.8) is 0 Å². The van der Waals surface area contributed by atoms with Crippen molar-refractivity contribution >= 4 is 22.1 Å². The Labute approximate surface area is 101 Å². The predicted octanol–water partition coefficient (Wildman–Crippen LogP) is 3.15. The smallest absolute Gasteiger partial charge is 0.229 e. The molecule has 0 fully saturated rings. The molecule has 82 valence electrons. The van der Waals surface area contributed by atoms with Gasteiger partial charge in [-0.3, -0.25) is 0 Å². The van der Waals surface area contributed by atoms with E-state index in [9.17, 15) is 0 Å². The first-order valence-electron chi connectivity index (χ1n) is 4.45. The molecule has 0 aliphatic rings. The first kappa shape index (κ1) is 11.1. The minimum Gasteiger partial charge on any atom is -0.391 e. The fourth-order valence-corrected chi connectivity index (χ4v) is 1.87. The lowest BCUT2D eigenvalue weighted by Gasteiger charge is -2.01. The van der Waals surface area contributed by atoms with E-state index in [1.807, 2.05) is 24.3 Å². The minimum absolute atomic E-state index is 0.546. The van der Waals surface area contributed by atoms with Gasteiger partial charge in [0.25, 0.3) is 0 Å². The second-order valence-electron chi connectivity index (χ2n) is 2.64. The van der Waals surface area contributed by atoms with Gasteiger partial charge in [-0.2, -0.15) is 0 Å². The van der Waals surface area contributed by atoms with Crippen LogP contribution in [0.3, 0.4) is 0 Å². The van der Waals surface area contributed by atoms with Gasteiger partial charge < -0.3 is 8.37 Å². The Morgan fingerprint density at radius 1 is 0.750 bits per heavy atom. The molecule has 0 aliphatic heterocycles. The topological polar surface area (TPSA) is 44.2 Å². The predicted molar refractivity (Wildman–Crippen MR) is 64.9 cm³/mol. The highest BCUT2D eigenvalue weighted by Crippen LogP contribution is 2.26. The van der Waals surface area contributed by atoms with E-state index in [-0.39, 0.29) is 0 Å². The van der Waals surface area contributed by atoms with Crippen LogP contribution in [0.4, 0.5) is 0 Å². The summed E-state index contributed by atoms with van der Waals surface area (Å²) in [7, 11) is 0. The Balaban J connectivity index is 1.70. The van der Waals surface area contributed by atoms with Crippen LogP contribution in [0.1, 0.15) is 0 Å². The molecule has 2 aromatic rings. The molecule has 0 aliphatic carbocycles. The third-order valence-corrected chi connectivity index (χ3v) is 2.65. The van der Waals surface area contributed by atoms with Gasteiger partial charge in [-0.15, -0.1) is 0 Å². The van der Waals surface area contributed by atoms with Gasteiger partial charge in [-0.25, -0.2) is 9.97 Å². The highest BCUT2D eigenvalue weighted by molar-refractivity contribution is 8.73. The summed E-state index contributed by atoms with van der Waals surface area (Å²) in [4.78, 5) is 7.99. The fraction of sp³-hybridized carbons (Fsp3) is 0. The normalized spacial score (nSPS) is 9.75. The van der Waals surface area contributed by atoms with Crippen LogP contribution in [0.5, 0.6) is 11.8 Å². The van der Waals surface area contributed by atoms with E-state index in [1.54, 1.807) is 24.5 Å². The van der Waals surface area contributed by atoms with E-state index in [1.165, 1.54) is 0 Å². The van der Waals surface area contributed by atoms with Crippen LogP contribution in [0.15, 0.2) is 48.8 Å². The maximum absolute atomic E-state index is 5.24. The number of nitrogens with zero attached hydrogens (tertiary/aromatic N) is 2. The highest BCUT2D eigenvalue weighted by atomic mass is 33.1. The van der Waals surface area contributed by atoms with Crippen LogP contribution in [0, 0.1) is 0 Å². The molecule has 2 rings (SSSR count). The van der Waals surface area contributed by atoms with E-state index < -0.39 is 0 Å². The van der Waals surface area contributed by atoms with E-state index in [2.05, 4.69) is 9.97 Å². The second kappa shape index (κ2) is 6.24. The van der Waals surface area contributed by atoms with Crippen LogP contribution < -0.4 is 8.37 Å². The third kappa shape index (κ3) is 3.63. The summed E-state index contributed by atoms with van der Waals surface area (Å²) in [6.07, 6.45) is 3.33. The van der Waals surface area contributed by atoms with E-state index >= 15 is 0 Å². The van der Waals surface area contributed by atoms with Crippen LogP contribution >= 0.6 is 22.1 Å². The van der Waals surface area contributed by atoms with E-state index in [0.717, 1.165) is 22.1 Å². The molecule has 0 atom stereocenters.